The molecule has 0 bridgehead atoms. The topological polar surface area (TPSA) is 101 Å². The number of rotatable bonds is 7. The highest BCUT2D eigenvalue weighted by atomic mass is 16.6. The van der Waals surface area contributed by atoms with Crippen molar-refractivity contribution in [2.75, 3.05) is 6.54 Å². The van der Waals surface area contributed by atoms with E-state index in [1.165, 1.54) is 12.1 Å². The number of hydrogen-bond donors (Lipinski definition) is 1. The fourth-order valence-electron chi connectivity index (χ4n) is 2.27. The predicted octanol–water partition coefficient (Wildman–Crippen LogP) is 1.85. The molecule has 1 amide bonds. The minimum absolute atomic E-state index is 0.0461. The van der Waals surface area contributed by atoms with Crippen molar-refractivity contribution in [3.8, 4) is 0 Å². The first kappa shape index (κ1) is 15.9. The van der Waals surface area contributed by atoms with Gasteiger partial charge in [0.05, 0.1) is 17.3 Å². The maximum absolute atomic E-state index is 12.4. The Bertz CT molecular complexity index is 597. The smallest absolute Gasteiger partial charge is 0.308 e. The van der Waals surface area contributed by atoms with Gasteiger partial charge in [0.25, 0.3) is 5.69 Å². The molecule has 0 heterocycles. The van der Waals surface area contributed by atoms with Gasteiger partial charge in [-0.3, -0.25) is 19.7 Å². The quantitative estimate of drug-likeness (QED) is 0.612. The number of aliphatic carboxylic acids is 1. The average molecular weight is 306 g/mol. The molecule has 7 heteroatoms. The van der Waals surface area contributed by atoms with Crippen molar-refractivity contribution in [3.05, 3.63) is 39.9 Å². The molecule has 1 atom stereocenters. The van der Waals surface area contributed by atoms with E-state index in [9.17, 15) is 19.7 Å². The number of carbonyl (C=O) groups is 2. The van der Waals surface area contributed by atoms with Gasteiger partial charge >= 0.3 is 5.97 Å². The van der Waals surface area contributed by atoms with Gasteiger partial charge in [-0.05, 0) is 18.4 Å². The van der Waals surface area contributed by atoms with Crippen LogP contribution in [-0.4, -0.2) is 39.4 Å². The number of nitro groups is 1. The molecule has 1 aromatic rings. The summed E-state index contributed by atoms with van der Waals surface area (Å²) in [5.41, 5.74) is 0.509. The third-order valence-electron chi connectivity index (χ3n) is 3.68. The zero-order valence-electron chi connectivity index (χ0n) is 12.3. The second-order valence-electron chi connectivity index (χ2n) is 5.62. The van der Waals surface area contributed by atoms with Gasteiger partial charge in [-0.15, -0.1) is 0 Å². The highest BCUT2D eigenvalue weighted by Crippen LogP contribution is 2.28. The molecule has 1 saturated carbocycles. The second kappa shape index (κ2) is 6.55. The summed E-state index contributed by atoms with van der Waals surface area (Å²) >= 11 is 0. The molecule has 0 spiro atoms. The molecule has 22 heavy (non-hydrogen) atoms. The second-order valence-corrected chi connectivity index (χ2v) is 5.62. The molecule has 1 unspecified atom stereocenters. The van der Waals surface area contributed by atoms with Gasteiger partial charge in [-0.25, -0.2) is 0 Å². The van der Waals surface area contributed by atoms with Crippen LogP contribution in [0.1, 0.15) is 25.3 Å². The van der Waals surface area contributed by atoms with Gasteiger partial charge in [0.2, 0.25) is 5.91 Å². The van der Waals surface area contributed by atoms with E-state index in [2.05, 4.69) is 0 Å². The van der Waals surface area contributed by atoms with E-state index in [0.29, 0.717) is 5.56 Å². The van der Waals surface area contributed by atoms with Crippen LogP contribution in [0, 0.1) is 16.0 Å². The van der Waals surface area contributed by atoms with Gasteiger partial charge in [0.1, 0.15) is 0 Å². The fraction of sp³-hybridized carbons (Fsp3) is 0.467. The van der Waals surface area contributed by atoms with Gasteiger partial charge < -0.3 is 10.0 Å². The van der Waals surface area contributed by atoms with Crippen molar-refractivity contribution in [2.24, 2.45) is 5.92 Å². The SMILES string of the molecule is CC(CN(C(=O)Cc1cccc([N+](=O)[O-])c1)C1CC1)C(=O)O. The molecular weight excluding hydrogens is 288 g/mol. The highest BCUT2D eigenvalue weighted by Gasteiger charge is 2.34. The van der Waals surface area contributed by atoms with Gasteiger partial charge in [0, 0.05) is 24.7 Å². The van der Waals surface area contributed by atoms with Gasteiger partial charge in [-0.2, -0.15) is 0 Å². The molecule has 1 aliphatic carbocycles. The number of carboxylic acid groups (broad SMARTS) is 1. The minimum atomic E-state index is -0.936. The predicted molar refractivity (Wildman–Crippen MR) is 78.3 cm³/mol. The largest absolute Gasteiger partial charge is 0.481 e. The van der Waals surface area contributed by atoms with Crippen LogP contribution in [0.3, 0.4) is 0 Å². The van der Waals surface area contributed by atoms with Crippen LogP contribution >= 0.6 is 0 Å². The Labute approximate surface area is 127 Å². The van der Waals surface area contributed by atoms with Crippen LogP contribution in [0.5, 0.6) is 0 Å². The summed E-state index contributed by atoms with van der Waals surface area (Å²) < 4.78 is 0. The Morgan fingerprint density at radius 3 is 2.68 bits per heavy atom. The van der Waals surface area contributed by atoms with Crippen LogP contribution < -0.4 is 0 Å². The van der Waals surface area contributed by atoms with Crippen molar-refractivity contribution < 1.29 is 19.6 Å². The summed E-state index contributed by atoms with van der Waals surface area (Å²) in [6, 6.07) is 6.06. The summed E-state index contributed by atoms with van der Waals surface area (Å²) in [7, 11) is 0. The van der Waals surface area contributed by atoms with Crippen molar-refractivity contribution in [2.45, 2.75) is 32.2 Å². The van der Waals surface area contributed by atoms with E-state index in [0.717, 1.165) is 12.8 Å². The van der Waals surface area contributed by atoms with Crippen molar-refractivity contribution in [1.82, 2.24) is 4.90 Å². The number of non-ortho nitro benzene ring substituents is 1. The van der Waals surface area contributed by atoms with E-state index < -0.39 is 16.8 Å². The molecule has 1 N–H and O–H groups in total. The fourth-order valence-corrected chi connectivity index (χ4v) is 2.27. The first-order chi connectivity index (χ1) is 10.4. The van der Waals surface area contributed by atoms with Crippen LogP contribution in [0.4, 0.5) is 5.69 Å². The zero-order valence-corrected chi connectivity index (χ0v) is 12.3. The Morgan fingerprint density at radius 1 is 1.45 bits per heavy atom. The van der Waals surface area contributed by atoms with E-state index in [-0.39, 0.29) is 30.6 Å². The molecular formula is C15H18N2O5. The number of benzene rings is 1. The summed E-state index contributed by atoms with van der Waals surface area (Å²) in [6.07, 6.45) is 1.81. The molecule has 118 valence electrons. The maximum atomic E-state index is 12.4. The summed E-state index contributed by atoms with van der Waals surface area (Å²) in [5.74, 6) is -1.75. The number of hydrogen-bond acceptors (Lipinski definition) is 4. The molecule has 1 fully saturated rings. The molecule has 0 saturated heterocycles. The summed E-state index contributed by atoms with van der Waals surface area (Å²) in [4.78, 5) is 35.2. The standard InChI is InChI=1S/C15H18N2O5/c1-10(15(19)20)9-16(12-5-6-12)14(18)8-11-3-2-4-13(7-11)17(21)22/h2-4,7,10,12H,5-6,8-9H2,1H3,(H,19,20). The molecule has 2 rings (SSSR count). The van der Waals surface area contributed by atoms with E-state index >= 15 is 0 Å². The number of carboxylic acids is 1. The molecule has 7 nitrogen and oxygen atoms in total. The molecule has 1 aliphatic rings. The molecule has 0 aliphatic heterocycles. The first-order valence-electron chi connectivity index (χ1n) is 7.14. The third kappa shape index (κ3) is 4.03. The first-order valence-corrected chi connectivity index (χ1v) is 7.14. The average Bonchev–Trinajstić information content (AvgIpc) is 3.28. The van der Waals surface area contributed by atoms with Crippen LogP contribution in [-0.2, 0) is 16.0 Å². The summed E-state index contributed by atoms with van der Waals surface area (Å²) in [5, 5.41) is 19.7. The Kier molecular flexibility index (Phi) is 4.75. The number of nitrogens with zero attached hydrogens (tertiary/aromatic N) is 2. The van der Waals surface area contributed by atoms with Gasteiger partial charge in [-0.1, -0.05) is 19.1 Å². The monoisotopic (exact) mass is 306 g/mol. The summed E-state index contributed by atoms with van der Waals surface area (Å²) in [6.45, 7) is 1.74. The van der Waals surface area contributed by atoms with Crippen molar-refractivity contribution in [1.29, 1.82) is 0 Å². The lowest BCUT2D eigenvalue weighted by molar-refractivity contribution is -0.384. The Morgan fingerprint density at radius 2 is 2.14 bits per heavy atom. The van der Waals surface area contributed by atoms with Crippen LogP contribution in [0.25, 0.3) is 0 Å². The normalized spacial score (nSPS) is 15.1. The minimum Gasteiger partial charge on any atom is -0.481 e. The van der Waals surface area contributed by atoms with Crippen LogP contribution in [0.2, 0.25) is 0 Å². The molecule has 0 radical (unpaired) electrons. The highest BCUT2D eigenvalue weighted by molar-refractivity contribution is 5.80. The van der Waals surface area contributed by atoms with Crippen molar-refractivity contribution >= 4 is 17.6 Å². The molecule has 1 aromatic carbocycles. The van der Waals surface area contributed by atoms with E-state index in [1.54, 1.807) is 24.0 Å². The maximum Gasteiger partial charge on any atom is 0.308 e. The van der Waals surface area contributed by atoms with E-state index in [4.69, 9.17) is 5.11 Å². The van der Waals surface area contributed by atoms with Crippen molar-refractivity contribution in [3.63, 3.8) is 0 Å². The number of amides is 1. The number of carbonyl (C=O) groups excluding carboxylic acids is 1. The van der Waals surface area contributed by atoms with Gasteiger partial charge in [0.15, 0.2) is 0 Å². The van der Waals surface area contributed by atoms with E-state index in [1.807, 2.05) is 0 Å². The lowest BCUT2D eigenvalue weighted by Gasteiger charge is -2.24. The lowest BCUT2D eigenvalue weighted by Crippen LogP contribution is -2.39. The number of nitro benzene ring substituents is 1. The Hall–Kier alpha value is -2.44. The third-order valence-corrected chi connectivity index (χ3v) is 3.68. The lowest BCUT2D eigenvalue weighted by atomic mass is 10.1. The van der Waals surface area contributed by atoms with Crippen LogP contribution in [0.15, 0.2) is 24.3 Å². The zero-order chi connectivity index (χ0) is 16.3. The Balaban J connectivity index is 2.06. The molecule has 0 aromatic heterocycles.